The molecule has 1 aliphatic rings. The first-order valence-corrected chi connectivity index (χ1v) is 8.09. The van der Waals surface area contributed by atoms with E-state index in [-0.39, 0.29) is 18.3 Å². The normalized spacial score (nSPS) is 17.3. The minimum Gasteiger partial charge on any atom is -0.463 e. The zero-order valence-corrected chi connectivity index (χ0v) is 14.4. The van der Waals surface area contributed by atoms with Gasteiger partial charge < -0.3 is 15.0 Å². The summed E-state index contributed by atoms with van der Waals surface area (Å²) in [5.41, 5.74) is 1.50. The van der Waals surface area contributed by atoms with E-state index >= 15 is 0 Å². The molecule has 0 bridgehead atoms. The number of nitrogens with one attached hydrogen (secondary N) is 1. The van der Waals surface area contributed by atoms with Gasteiger partial charge in [-0.15, -0.1) is 0 Å². The lowest BCUT2D eigenvalue weighted by atomic mass is 9.93. The van der Waals surface area contributed by atoms with Gasteiger partial charge >= 0.3 is 12.0 Å². The molecule has 1 aromatic carbocycles. The maximum Gasteiger partial charge on any atom is 0.338 e. The minimum absolute atomic E-state index is 0.0570. The fraction of sp³-hybridized carbons (Fsp3) is 0.412. The van der Waals surface area contributed by atoms with Crippen molar-refractivity contribution in [2.24, 2.45) is 0 Å². The Morgan fingerprint density at radius 2 is 1.96 bits per heavy atom. The van der Waals surface area contributed by atoms with Gasteiger partial charge in [0.2, 0.25) is 0 Å². The van der Waals surface area contributed by atoms with E-state index in [1.54, 1.807) is 14.0 Å². The highest BCUT2D eigenvalue weighted by Crippen LogP contribution is 2.33. The van der Waals surface area contributed by atoms with Crippen molar-refractivity contribution in [2.75, 3.05) is 13.7 Å². The fourth-order valence-electron chi connectivity index (χ4n) is 2.78. The third-order valence-electron chi connectivity index (χ3n) is 4.00. The van der Waals surface area contributed by atoms with E-state index in [0.717, 1.165) is 6.42 Å². The van der Waals surface area contributed by atoms with Gasteiger partial charge in [0.15, 0.2) is 0 Å². The van der Waals surface area contributed by atoms with E-state index in [4.69, 9.17) is 4.74 Å². The molecule has 2 rings (SSSR count). The third kappa shape index (κ3) is 3.78. The Balaban J connectivity index is 2.53. The number of allylic oxidation sites excluding steroid dienone is 1. The number of hydrogen-bond donors (Lipinski definition) is 1. The maximum atomic E-state index is 12.5. The van der Waals surface area contributed by atoms with Crippen LogP contribution in [0.15, 0.2) is 35.5 Å². The highest BCUT2D eigenvalue weighted by Gasteiger charge is 2.36. The van der Waals surface area contributed by atoms with Gasteiger partial charge in [-0.05, 0) is 31.0 Å². The number of nitro benzene ring substituents is 1. The zero-order valence-electron chi connectivity index (χ0n) is 14.4. The third-order valence-corrected chi connectivity index (χ3v) is 4.00. The topological polar surface area (TPSA) is 102 Å². The Bertz CT molecular complexity index is 711. The second-order valence-electron chi connectivity index (χ2n) is 5.62. The summed E-state index contributed by atoms with van der Waals surface area (Å²) < 4.78 is 5.17. The number of urea groups is 1. The van der Waals surface area contributed by atoms with Crippen molar-refractivity contribution in [2.45, 2.75) is 32.7 Å². The number of nitrogens with zero attached hydrogens (tertiary/aromatic N) is 2. The van der Waals surface area contributed by atoms with Gasteiger partial charge in [0.1, 0.15) is 0 Å². The molecule has 25 heavy (non-hydrogen) atoms. The summed E-state index contributed by atoms with van der Waals surface area (Å²) in [6, 6.07) is 4.74. The highest BCUT2D eigenvalue weighted by atomic mass is 16.6. The molecule has 0 aromatic heterocycles. The van der Waals surface area contributed by atoms with Gasteiger partial charge in [-0.2, -0.15) is 0 Å². The Kier molecular flexibility index (Phi) is 5.74. The van der Waals surface area contributed by atoms with Crippen LogP contribution in [0.3, 0.4) is 0 Å². The lowest BCUT2D eigenvalue weighted by Gasteiger charge is -2.34. The van der Waals surface area contributed by atoms with Crippen molar-refractivity contribution >= 4 is 17.7 Å². The molecule has 0 spiro atoms. The molecule has 0 aliphatic carbocycles. The molecule has 0 saturated carbocycles. The molecular formula is C17H21N3O5. The van der Waals surface area contributed by atoms with E-state index in [9.17, 15) is 19.7 Å². The molecule has 1 unspecified atom stereocenters. The number of carbonyl (C=O) groups is 2. The Morgan fingerprint density at radius 1 is 1.32 bits per heavy atom. The number of carbonyl (C=O) groups excluding carboxylic acids is 2. The molecule has 0 fully saturated rings. The molecule has 1 N–H and O–H groups in total. The van der Waals surface area contributed by atoms with Gasteiger partial charge in [0.25, 0.3) is 5.69 Å². The monoisotopic (exact) mass is 347 g/mol. The van der Waals surface area contributed by atoms with Crippen molar-refractivity contribution in [1.29, 1.82) is 0 Å². The molecule has 1 aliphatic heterocycles. The van der Waals surface area contributed by atoms with Gasteiger partial charge in [0, 0.05) is 24.9 Å². The summed E-state index contributed by atoms with van der Waals surface area (Å²) in [5.74, 6) is -0.499. The first-order valence-electron chi connectivity index (χ1n) is 8.09. The predicted octanol–water partition coefficient (Wildman–Crippen LogP) is 2.91. The number of nitro groups is 1. The molecular weight excluding hydrogens is 326 g/mol. The molecule has 0 radical (unpaired) electrons. The van der Waals surface area contributed by atoms with E-state index in [1.807, 2.05) is 6.92 Å². The van der Waals surface area contributed by atoms with Crippen molar-refractivity contribution in [3.63, 3.8) is 0 Å². The van der Waals surface area contributed by atoms with Crippen LogP contribution in [0.5, 0.6) is 0 Å². The zero-order chi connectivity index (χ0) is 18.6. The molecule has 0 saturated heterocycles. The SMILES string of the molecule is CCCC1=C(C(=O)OCC)C(c2ccc([N+](=O)[O-])cc2)NC(=O)N1C. The van der Waals surface area contributed by atoms with Crippen LogP contribution in [0.1, 0.15) is 38.3 Å². The highest BCUT2D eigenvalue weighted by molar-refractivity contribution is 5.95. The number of hydrogen-bond acceptors (Lipinski definition) is 5. The number of rotatable bonds is 6. The van der Waals surface area contributed by atoms with Crippen LogP contribution in [-0.2, 0) is 9.53 Å². The average molecular weight is 347 g/mol. The summed E-state index contributed by atoms with van der Waals surface area (Å²) in [6.07, 6.45) is 1.30. The summed E-state index contributed by atoms with van der Waals surface area (Å²) in [5, 5.41) is 13.6. The van der Waals surface area contributed by atoms with Crippen molar-refractivity contribution in [3.8, 4) is 0 Å². The smallest absolute Gasteiger partial charge is 0.338 e. The Hall–Kier alpha value is -2.90. The van der Waals surface area contributed by atoms with Crippen LogP contribution in [-0.4, -0.2) is 35.5 Å². The van der Waals surface area contributed by atoms with E-state index in [0.29, 0.717) is 23.3 Å². The number of non-ortho nitro benzene ring substituents is 1. The molecule has 8 nitrogen and oxygen atoms in total. The lowest BCUT2D eigenvalue weighted by Crippen LogP contribution is -2.46. The average Bonchev–Trinajstić information content (AvgIpc) is 2.59. The lowest BCUT2D eigenvalue weighted by molar-refractivity contribution is -0.384. The van der Waals surface area contributed by atoms with Crippen molar-refractivity contribution < 1.29 is 19.2 Å². The predicted molar refractivity (Wildman–Crippen MR) is 90.7 cm³/mol. The molecule has 8 heteroatoms. The summed E-state index contributed by atoms with van der Waals surface area (Å²) in [6.45, 7) is 3.88. The van der Waals surface area contributed by atoms with Gasteiger partial charge in [-0.3, -0.25) is 10.1 Å². The van der Waals surface area contributed by atoms with E-state index in [1.165, 1.54) is 29.2 Å². The molecule has 1 atom stereocenters. The van der Waals surface area contributed by atoms with Crippen molar-refractivity contribution in [3.05, 3.63) is 51.2 Å². The van der Waals surface area contributed by atoms with Gasteiger partial charge in [-0.25, -0.2) is 9.59 Å². The largest absolute Gasteiger partial charge is 0.463 e. The quantitative estimate of drug-likeness (QED) is 0.484. The number of benzene rings is 1. The van der Waals surface area contributed by atoms with Gasteiger partial charge in [0.05, 0.1) is 23.1 Å². The van der Waals surface area contributed by atoms with Crippen molar-refractivity contribution in [1.82, 2.24) is 10.2 Å². The summed E-state index contributed by atoms with van der Waals surface area (Å²) in [7, 11) is 1.60. The molecule has 2 amide bonds. The standard InChI is InChI=1S/C17H21N3O5/c1-4-6-13-14(16(21)25-5-2)15(18-17(22)19(13)3)11-7-9-12(10-8-11)20(23)24/h7-10,15H,4-6H2,1-3H3,(H,18,22). The van der Waals surface area contributed by atoms with E-state index < -0.39 is 16.9 Å². The van der Waals surface area contributed by atoms with Crippen LogP contribution in [0, 0.1) is 10.1 Å². The Labute approximate surface area is 145 Å². The van der Waals surface area contributed by atoms with E-state index in [2.05, 4.69) is 5.32 Å². The van der Waals surface area contributed by atoms with Crippen LogP contribution < -0.4 is 5.32 Å². The number of ether oxygens (including phenoxy) is 1. The van der Waals surface area contributed by atoms with Crippen LogP contribution in [0.25, 0.3) is 0 Å². The first kappa shape index (κ1) is 18.4. The number of amides is 2. The second kappa shape index (κ2) is 7.78. The van der Waals surface area contributed by atoms with Crippen LogP contribution >= 0.6 is 0 Å². The molecule has 1 aromatic rings. The Morgan fingerprint density at radius 3 is 2.48 bits per heavy atom. The second-order valence-corrected chi connectivity index (χ2v) is 5.62. The fourth-order valence-corrected chi connectivity index (χ4v) is 2.78. The number of esters is 1. The minimum atomic E-state index is -0.704. The summed E-state index contributed by atoms with van der Waals surface area (Å²) >= 11 is 0. The maximum absolute atomic E-state index is 12.5. The molecule has 1 heterocycles. The first-order chi connectivity index (χ1) is 11.9. The molecule has 134 valence electrons. The summed E-state index contributed by atoms with van der Waals surface area (Å²) in [4.78, 5) is 36.6. The van der Waals surface area contributed by atoms with Crippen LogP contribution in [0.4, 0.5) is 10.5 Å². The van der Waals surface area contributed by atoms with Crippen LogP contribution in [0.2, 0.25) is 0 Å². The van der Waals surface area contributed by atoms with Gasteiger partial charge in [-0.1, -0.05) is 13.3 Å².